The van der Waals surface area contributed by atoms with Gasteiger partial charge in [-0.1, -0.05) is 0 Å². The van der Waals surface area contributed by atoms with Gasteiger partial charge in [0, 0.05) is 0 Å². The van der Waals surface area contributed by atoms with Crippen LogP contribution >= 0.6 is 0 Å². The van der Waals surface area contributed by atoms with Gasteiger partial charge in [0.05, 0.1) is 6.04 Å². The zero-order valence-corrected chi connectivity index (χ0v) is 9.30. The Labute approximate surface area is 102 Å². The lowest BCUT2D eigenvalue weighted by Gasteiger charge is -2.23. The minimum absolute atomic E-state index is 0.0588. The van der Waals surface area contributed by atoms with Crippen molar-refractivity contribution in [1.29, 1.82) is 0 Å². The number of H-pyrrole nitrogens is 1. The second-order valence-electron chi connectivity index (χ2n) is 3.62. The van der Waals surface area contributed by atoms with E-state index in [9.17, 15) is 31.1 Å². The van der Waals surface area contributed by atoms with Crippen LogP contribution in [0.1, 0.15) is 18.8 Å². The van der Waals surface area contributed by atoms with Gasteiger partial charge in [0.25, 0.3) is 0 Å². The Morgan fingerprint density at radius 1 is 1.26 bits per heavy atom. The Kier molecular flexibility index (Phi) is 4.06. The molecule has 1 aromatic rings. The van der Waals surface area contributed by atoms with Crippen LogP contribution in [0.5, 0.6) is 0 Å². The summed E-state index contributed by atoms with van der Waals surface area (Å²) in [4.78, 5) is 14.6. The van der Waals surface area contributed by atoms with Crippen molar-refractivity contribution in [3.63, 3.8) is 0 Å². The molecule has 0 radical (unpaired) electrons. The first-order valence-electron chi connectivity index (χ1n) is 4.82. The van der Waals surface area contributed by atoms with Gasteiger partial charge in [0.15, 0.2) is 0 Å². The van der Waals surface area contributed by atoms with E-state index in [0.29, 0.717) is 0 Å². The van der Waals surface area contributed by atoms with Gasteiger partial charge in [-0.05, 0) is 6.92 Å². The molecule has 0 aliphatic heterocycles. The van der Waals surface area contributed by atoms with Gasteiger partial charge in [0.1, 0.15) is 12.2 Å². The van der Waals surface area contributed by atoms with Crippen molar-refractivity contribution >= 4 is 5.91 Å². The molecule has 108 valence electrons. The highest BCUT2D eigenvalue weighted by molar-refractivity contribution is 5.80. The molecule has 0 spiro atoms. The number of nitrogens with one attached hydrogen (secondary N) is 2. The summed E-state index contributed by atoms with van der Waals surface area (Å²) in [6.45, 7) is 1.17. The zero-order chi connectivity index (χ0) is 14.8. The van der Waals surface area contributed by atoms with Gasteiger partial charge in [-0.25, -0.2) is 4.98 Å². The molecule has 1 aromatic heterocycles. The summed E-state index contributed by atoms with van der Waals surface area (Å²) in [5.41, 5.74) is 0. The van der Waals surface area contributed by atoms with E-state index in [1.807, 2.05) is 0 Å². The Morgan fingerprint density at radius 2 is 1.79 bits per heavy atom. The third kappa shape index (κ3) is 3.83. The Bertz CT molecular complexity index is 411. The van der Waals surface area contributed by atoms with Gasteiger partial charge < -0.3 is 5.32 Å². The van der Waals surface area contributed by atoms with Gasteiger partial charge >= 0.3 is 12.4 Å². The minimum Gasteiger partial charge on any atom is -0.346 e. The summed E-state index contributed by atoms with van der Waals surface area (Å²) in [7, 11) is 0. The standard InChI is InChI=1S/C8H8F6N4O/c1-3(5-15-2-16-18-5)17-6(19)4(7(9,10)11)8(12,13)14/h2-4H,1H3,(H,17,19)(H,15,16,18). The second-order valence-corrected chi connectivity index (χ2v) is 3.62. The molecule has 1 amide bonds. The number of alkyl halides is 6. The van der Waals surface area contributed by atoms with E-state index in [4.69, 9.17) is 0 Å². The van der Waals surface area contributed by atoms with E-state index < -0.39 is 30.2 Å². The smallest absolute Gasteiger partial charge is 0.346 e. The third-order valence-corrected chi connectivity index (χ3v) is 2.12. The van der Waals surface area contributed by atoms with Crippen molar-refractivity contribution in [2.24, 2.45) is 5.92 Å². The molecule has 1 unspecified atom stereocenters. The predicted molar refractivity (Wildman–Crippen MR) is 48.5 cm³/mol. The number of hydrogen-bond acceptors (Lipinski definition) is 3. The maximum Gasteiger partial charge on any atom is 0.409 e. The Balaban J connectivity index is 2.85. The molecule has 2 N–H and O–H groups in total. The fraction of sp³-hybridized carbons (Fsp3) is 0.625. The molecular formula is C8H8F6N4O. The average Bonchev–Trinajstić information content (AvgIpc) is 2.63. The first-order valence-corrected chi connectivity index (χ1v) is 4.82. The molecular weight excluding hydrogens is 282 g/mol. The van der Waals surface area contributed by atoms with Gasteiger partial charge in [-0.3, -0.25) is 9.89 Å². The van der Waals surface area contributed by atoms with Crippen molar-refractivity contribution in [3.05, 3.63) is 12.2 Å². The Morgan fingerprint density at radius 3 is 2.16 bits per heavy atom. The van der Waals surface area contributed by atoms with Crippen LogP contribution in [0.25, 0.3) is 0 Å². The van der Waals surface area contributed by atoms with Crippen molar-refractivity contribution in [3.8, 4) is 0 Å². The maximum atomic E-state index is 12.2. The fourth-order valence-electron chi connectivity index (χ4n) is 1.27. The van der Waals surface area contributed by atoms with E-state index in [0.717, 1.165) is 6.33 Å². The monoisotopic (exact) mass is 290 g/mol. The van der Waals surface area contributed by atoms with Crippen LogP contribution in [-0.4, -0.2) is 33.4 Å². The molecule has 1 rings (SSSR count). The first-order chi connectivity index (χ1) is 8.53. The van der Waals surface area contributed by atoms with Crippen LogP contribution in [0, 0.1) is 5.92 Å². The summed E-state index contributed by atoms with van der Waals surface area (Å²) in [6, 6.07) is -1.16. The number of carbonyl (C=O) groups is 1. The van der Waals surface area contributed by atoms with Gasteiger partial charge in [-0.2, -0.15) is 31.4 Å². The Hall–Kier alpha value is -1.81. The van der Waals surface area contributed by atoms with Crippen molar-refractivity contribution in [1.82, 2.24) is 20.5 Å². The summed E-state index contributed by atoms with van der Waals surface area (Å²) >= 11 is 0. The number of carbonyl (C=O) groups excluding carboxylic acids is 1. The second kappa shape index (κ2) is 5.05. The highest BCUT2D eigenvalue weighted by Gasteiger charge is 2.61. The number of aromatic nitrogens is 3. The number of hydrogen-bond donors (Lipinski definition) is 2. The summed E-state index contributed by atoms with van der Waals surface area (Å²) in [5, 5.41) is 7.16. The van der Waals surface area contributed by atoms with Crippen LogP contribution in [0.2, 0.25) is 0 Å². The number of halogens is 6. The number of aromatic amines is 1. The summed E-state index contributed by atoms with van der Waals surface area (Å²) < 4.78 is 73.5. The molecule has 5 nitrogen and oxygen atoms in total. The molecule has 0 bridgehead atoms. The quantitative estimate of drug-likeness (QED) is 0.833. The maximum absolute atomic E-state index is 12.2. The molecule has 1 atom stereocenters. The lowest BCUT2D eigenvalue weighted by Crippen LogP contribution is -2.48. The van der Waals surface area contributed by atoms with Crippen LogP contribution in [-0.2, 0) is 4.79 Å². The van der Waals surface area contributed by atoms with Crippen molar-refractivity contribution < 1.29 is 31.1 Å². The van der Waals surface area contributed by atoms with Gasteiger partial charge in [-0.15, -0.1) is 0 Å². The van der Waals surface area contributed by atoms with Crippen LogP contribution in [0.3, 0.4) is 0 Å². The predicted octanol–water partition coefficient (Wildman–Crippen LogP) is 1.72. The third-order valence-electron chi connectivity index (χ3n) is 2.12. The lowest BCUT2D eigenvalue weighted by atomic mass is 10.1. The number of amides is 1. The lowest BCUT2D eigenvalue weighted by molar-refractivity contribution is -0.274. The summed E-state index contributed by atoms with van der Waals surface area (Å²) in [5.74, 6) is -6.33. The topological polar surface area (TPSA) is 70.7 Å². The molecule has 11 heteroatoms. The summed E-state index contributed by atoms with van der Waals surface area (Å²) in [6.07, 6.45) is -10.4. The van der Waals surface area contributed by atoms with Crippen LogP contribution in [0.15, 0.2) is 6.33 Å². The highest BCUT2D eigenvalue weighted by Crippen LogP contribution is 2.39. The molecule has 0 fully saturated rings. The molecule has 19 heavy (non-hydrogen) atoms. The van der Waals surface area contributed by atoms with E-state index >= 15 is 0 Å². The zero-order valence-electron chi connectivity index (χ0n) is 9.30. The molecule has 0 saturated carbocycles. The largest absolute Gasteiger partial charge is 0.409 e. The molecule has 0 aliphatic rings. The van der Waals surface area contributed by atoms with Crippen molar-refractivity contribution in [2.45, 2.75) is 25.3 Å². The number of nitrogens with zero attached hydrogens (tertiary/aromatic N) is 2. The minimum atomic E-state index is -5.72. The number of rotatable bonds is 3. The van der Waals surface area contributed by atoms with E-state index in [1.165, 1.54) is 6.92 Å². The van der Waals surface area contributed by atoms with Crippen LogP contribution in [0.4, 0.5) is 26.3 Å². The van der Waals surface area contributed by atoms with E-state index in [2.05, 4.69) is 15.2 Å². The molecule has 1 heterocycles. The highest BCUT2D eigenvalue weighted by atomic mass is 19.4. The molecule has 0 aromatic carbocycles. The fourth-order valence-corrected chi connectivity index (χ4v) is 1.27. The van der Waals surface area contributed by atoms with E-state index in [-0.39, 0.29) is 5.82 Å². The van der Waals surface area contributed by atoms with E-state index in [1.54, 1.807) is 5.32 Å². The average molecular weight is 290 g/mol. The molecule has 0 aliphatic carbocycles. The first kappa shape index (κ1) is 15.2. The molecule has 0 saturated heterocycles. The SMILES string of the molecule is CC(NC(=O)C(C(F)(F)F)C(F)(F)F)c1ncn[nH]1. The van der Waals surface area contributed by atoms with Crippen LogP contribution < -0.4 is 5.32 Å². The van der Waals surface area contributed by atoms with Gasteiger partial charge in [0.2, 0.25) is 11.8 Å². The van der Waals surface area contributed by atoms with Crippen molar-refractivity contribution in [2.75, 3.05) is 0 Å². The normalized spacial score (nSPS) is 14.5.